The van der Waals surface area contributed by atoms with E-state index in [0.717, 1.165) is 6.42 Å². The Morgan fingerprint density at radius 2 is 1.42 bits per heavy atom. The molecule has 0 saturated heterocycles. The Bertz CT molecular complexity index is 767. The zero-order valence-corrected chi connectivity index (χ0v) is 10.6. The molecule has 0 N–H and O–H groups in total. The maximum atomic E-state index is 2.27. The van der Waals surface area contributed by atoms with Crippen LogP contribution >= 0.6 is 0 Å². The van der Waals surface area contributed by atoms with Gasteiger partial charge in [0.25, 0.3) is 0 Å². The highest BCUT2D eigenvalue weighted by atomic mass is 14.1. The summed E-state index contributed by atoms with van der Waals surface area (Å²) in [5, 5.41) is 2.81. The zero-order valence-electron chi connectivity index (χ0n) is 10.6. The Labute approximate surface area is 113 Å². The van der Waals surface area contributed by atoms with E-state index >= 15 is 0 Å². The first-order chi connectivity index (χ1) is 9.42. The monoisotopic (exact) mass is 242 g/mol. The molecule has 1 aliphatic carbocycles. The fourth-order valence-electron chi connectivity index (χ4n) is 2.95. The molecule has 0 fully saturated rings. The van der Waals surface area contributed by atoms with Gasteiger partial charge in [-0.3, -0.25) is 0 Å². The van der Waals surface area contributed by atoms with Crippen molar-refractivity contribution < 1.29 is 0 Å². The third kappa shape index (κ3) is 1.68. The fraction of sp³-hybridized carbons (Fsp3) is 0.0526. The fourth-order valence-corrected chi connectivity index (χ4v) is 2.95. The minimum atomic E-state index is 1.00. The van der Waals surface area contributed by atoms with Crippen LogP contribution in [0.1, 0.15) is 22.3 Å². The van der Waals surface area contributed by atoms with Crippen LogP contribution in [0, 0.1) is 0 Å². The third-order valence-corrected chi connectivity index (χ3v) is 3.88. The van der Waals surface area contributed by atoms with Crippen LogP contribution in [0.5, 0.6) is 0 Å². The van der Waals surface area contributed by atoms with E-state index < -0.39 is 0 Å². The van der Waals surface area contributed by atoms with Gasteiger partial charge in [-0.05, 0) is 39.4 Å². The molecule has 19 heavy (non-hydrogen) atoms. The summed E-state index contributed by atoms with van der Waals surface area (Å²) in [6, 6.07) is 21.8. The minimum Gasteiger partial charge on any atom is -0.0622 e. The molecular formula is C19H14. The van der Waals surface area contributed by atoms with Crippen molar-refractivity contribution in [2.45, 2.75) is 6.42 Å². The molecule has 0 atom stereocenters. The summed E-state index contributed by atoms with van der Waals surface area (Å²) in [6.07, 6.45) is 5.43. The van der Waals surface area contributed by atoms with Crippen molar-refractivity contribution in [2.24, 2.45) is 0 Å². The summed E-state index contributed by atoms with van der Waals surface area (Å²) in [7, 11) is 0. The molecule has 0 spiro atoms. The van der Waals surface area contributed by atoms with Crippen LogP contribution in [0.2, 0.25) is 0 Å². The maximum Gasteiger partial charge on any atom is -0.00196 e. The maximum absolute atomic E-state index is 2.27. The standard InChI is InChI=1S/C19H14/c1-2-5-14(6-3-1)13-17-12-11-16-10-9-15-7-4-8-18(17)19(15)16/h1-12H,13H2. The highest BCUT2D eigenvalue weighted by Gasteiger charge is 2.11. The lowest BCUT2D eigenvalue weighted by atomic mass is 9.95. The number of rotatable bonds is 2. The smallest absolute Gasteiger partial charge is 0.00196 e. The SMILES string of the molecule is C1=Cc2ccc(Cc3ccccc3)c3cccc1c23. The van der Waals surface area contributed by atoms with Gasteiger partial charge in [-0.15, -0.1) is 0 Å². The van der Waals surface area contributed by atoms with Crippen molar-refractivity contribution >= 4 is 22.9 Å². The van der Waals surface area contributed by atoms with Crippen LogP contribution in [0.15, 0.2) is 60.7 Å². The van der Waals surface area contributed by atoms with Crippen LogP contribution in [-0.2, 0) is 6.42 Å². The van der Waals surface area contributed by atoms with E-state index in [0.29, 0.717) is 0 Å². The largest absolute Gasteiger partial charge is 0.0622 e. The van der Waals surface area contributed by atoms with Crippen LogP contribution in [0.25, 0.3) is 22.9 Å². The topological polar surface area (TPSA) is 0 Å². The van der Waals surface area contributed by atoms with Crippen molar-refractivity contribution in [3.8, 4) is 0 Å². The predicted molar refractivity (Wildman–Crippen MR) is 82.1 cm³/mol. The summed E-state index contributed by atoms with van der Waals surface area (Å²) in [4.78, 5) is 0. The van der Waals surface area contributed by atoms with Gasteiger partial charge in [-0.1, -0.05) is 72.8 Å². The lowest BCUT2D eigenvalue weighted by molar-refractivity contribution is 1.21. The molecule has 0 bridgehead atoms. The molecule has 1 aliphatic rings. The lowest BCUT2D eigenvalue weighted by Gasteiger charge is -2.09. The molecule has 0 heteroatoms. The number of hydrogen-bond donors (Lipinski definition) is 0. The Morgan fingerprint density at radius 3 is 2.26 bits per heavy atom. The van der Waals surface area contributed by atoms with Gasteiger partial charge in [0.05, 0.1) is 0 Å². The van der Waals surface area contributed by atoms with Crippen molar-refractivity contribution in [1.29, 1.82) is 0 Å². The van der Waals surface area contributed by atoms with Gasteiger partial charge < -0.3 is 0 Å². The van der Waals surface area contributed by atoms with Crippen molar-refractivity contribution in [3.05, 3.63) is 82.9 Å². The van der Waals surface area contributed by atoms with E-state index in [-0.39, 0.29) is 0 Å². The van der Waals surface area contributed by atoms with Gasteiger partial charge in [0.15, 0.2) is 0 Å². The second kappa shape index (κ2) is 4.10. The van der Waals surface area contributed by atoms with E-state index in [2.05, 4.69) is 72.8 Å². The first-order valence-corrected chi connectivity index (χ1v) is 6.68. The highest BCUT2D eigenvalue weighted by molar-refractivity contribution is 6.06. The Hall–Kier alpha value is -2.34. The number of hydrogen-bond acceptors (Lipinski definition) is 0. The molecule has 4 rings (SSSR count). The third-order valence-electron chi connectivity index (χ3n) is 3.88. The molecular weight excluding hydrogens is 228 g/mol. The van der Waals surface area contributed by atoms with Crippen LogP contribution in [0.3, 0.4) is 0 Å². The molecule has 0 heterocycles. The molecule has 90 valence electrons. The van der Waals surface area contributed by atoms with Crippen LogP contribution < -0.4 is 0 Å². The Balaban J connectivity index is 1.89. The first-order valence-electron chi connectivity index (χ1n) is 6.68. The molecule has 0 unspecified atom stereocenters. The molecule has 3 aromatic carbocycles. The molecule has 0 amide bonds. The summed E-state index contributed by atoms with van der Waals surface area (Å²) in [6.45, 7) is 0. The average molecular weight is 242 g/mol. The van der Waals surface area contributed by atoms with Crippen molar-refractivity contribution in [3.63, 3.8) is 0 Å². The van der Waals surface area contributed by atoms with Crippen molar-refractivity contribution in [1.82, 2.24) is 0 Å². The molecule has 0 saturated carbocycles. The average Bonchev–Trinajstić information content (AvgIpc) is 2.88. The van der Waals surface area contributed by atoms with E-state index in [1.807, 2.05) is 0 Å². The van der Waals surface area contributed by atoms with Gasteiger partial charge in [0.1, 0.15) is 0 Å². The van der Waals surface area contributed by atoms with E-state index in [4.69, 9.17) is 0 Å². The Morgan fingerprint density at radius 1 is 0.632 bits per heavy atom. The normalized spacial score (nSPS) is 12.2. The van der Waals surface area contributed by atoms with E-state index in [1.165, 1.54) is 33.0 Å². The predicted octanol–water partition coefficient (Wildman–Crippen LogP) is 4.91. The van der Waals surface area contributed by atoms with Gasteiger partial charge >= 0.3 is 0 Å². The molecule has 0 radical (unpaired) electrons. The van der Waals surface area contributed by atoms with E-state index in [9.17, 15) is 0 Å². The molecule has 0 aromatic heterocycles. The van der Waals surface area contributed by atoms with E-state index in [1.54, 1.807) is 0 Å². The summed E-state index contributed by atoms with van der Waals surface area (Å²) in [5.41, 5.74) is 5.48. The number of benzene rings is 3. The minimum absolute atomic E-state index is 1.00. The Kier molecular flexibility index (Phi) is 2.28. The summed E-state index contributed by atoms with van der Waals surface area (Å²) < 4.78 is 0. The quantitative estimate of drug-likeness (QED) is 0.468. The second-order valence-corrected chi connectivity index (χ2v) is 5.08. The van der Waals surface area contributed by atoms with Gasteiger partial charge in [-0.25, -0.2) is 0 Å². The summed E-state index contributed by atoms with van der Waals surface area (Å²) in [5.74, 6) is 0. The zero-order chi connectivity index (χ0) is 12.7. The first kappa shape index (κ1) is 10.6. The summed E-state index contributed by atoms with van der Waals surface area (Å²) >= 11 is 0. The van der Waals surface area contributed by atoms with Gasteiger partial charge in [-0.2, -0.15) is 0 Å². The molecule has 0 nitrogen and oxygen atoms in total. The van der Waals surface area contributed by atoms with Gasteiger partial charge in [0, 0.05) is 0 Å². The van der Waals surface area contributed by atoms with Crippen LogP contribution in [-0.4, -0.2) is 0 Å². The van der Waals surface area contributed by atoms with Crippen molar-refractivity contribution in [2.75, 3.05) is 0 Å². The highest BCUT2D eigenvalue weighted by Crippen LogP contribution is 2.33. The van der Waals surface area contributed by atoms with Gasteiger partial charge in [0.2, 0.25) is 0 Å². The lowest BCUT2D eigenvalue weighted by Crippen LogP contribution is -1.91. The second-order valence-electron chi connectivity index (χ2n) is 5.08. The molecule has 3 aromatic rings. The molecule has 0 aliphatic heterocycles. The van der Waals surface area contributed by atoms with Crippen LogP contribution in [0.4, 0.5) is 0 Å².